The van der Waals surface area contributed by atoms with Crippen molar-refractivity contribution in [3.63, 3.8) is 0 Å². The van der Waals surface area contributed by atoms with E-state index in [1.165, 1.54) is 0 Å². The van der Waals surface area contributed by atoms with Crippen molar-refractivity contribution in [1.82, 2.24) is 0 Å². The van der Waals surface area contributed by atoms with Gasteiger partial charge in [0.15, 0.2) is 23.5 Å². The summed E-state index contributed by atoms with van der Waals surface area (Å²) >= 11 is 0. The molecule has 0 aromatic heterocycles. The largest absolute Gasteiger partial charge is 0.506 e. The highest BCUT2D eigenvalue weighted by Crippen LogP contribution is 2.70. The van der Waals surface area contributed by atoms with Crippen LogP contribution in [-0.2, 0) is 25.5 Å². The average Bonchev–Trinajstić information content (AvgIpc) is 3.51. The lowest BCUT2D eigenvalue weighted by Crippen LogP contribution is -2.63. The summed E-state index contributed by atoms with van der Waals surface area (Å²) in [4.78, 5) is 26.0. The van der Waals surface area contributed by atoms with E-state index in [0.29, 0.717) is 24.9 Å². The number of benzene rings is 2. The van der Waals surface area contributed by atoms with E-state index < -0.39 is 47.3 Å². The second-order valence-electron chi connectivity index (χ2n) is 14.9. The number of phenolic OH excluding ortho intramolecular Hbond substituents is 1. The number of aromatic hydroxyl groups is 1. The van der Waals surface area contributed by atoms with Crippen LogP contribution in [0, 0.1) is 28.6 Å². The Kier molecular flexibility index (Phi) is 7.59. The van der Waals surface area contributed by atoms with Crippen LogP contribution in [0.15, 0.2) is 66.3 Å². The molecule has 8 nitrogen and oxygen atoms in total. The van der Waals surface area contributed by atoms with E-state index in [-0.39, 0.29) is 35.3 Å². The zero-order valence-electron chi connectivity index (χ0n) is 27.0. The van der Waals surface area contributed by atoms with Crippen LogP contribution in [0.3, 0.4) is 0 Å². The third kappa shape index (κ3) is 4.63. The Bertz CT molecular complexity index is 1610. The number of ketones is 2. The average molecular weight is 628 g/mol. The highest BCUT2D eigenvalue weighted by molar-refractivity contribution is 6.01. The molecule has 1 saturated heterocycles. The van der Waals surface area contributed by atoms with E-state index in [9.17, 15) is 24.9 Å². The molecular weight excluding hydrogens is 582 g/mol. The van der Waals surface area contributed by atoms with Crippen molar-refractivity contribution in [3.05, 3.63) is 83.0 Å². The quantitative estimate of drug-likeness (QED) is 0.301. The topological polar surface area (TPSA) is 125 Å². The third-order valence-corrected chi connectivity index (χ3v) is 12.0. The van der Waals surface area contributed by atoms with Crippen molar-refractivity contribution >= 4 is 17.3 Å². The predicted molar refractivity (Wildman–Crippen MR) is 173 cm³/mol. The Morgan fingerprint density at radius 1 is 1.11 bits per heavy atom. The summed E-state index contributed by atoms with van der Waals surface area (Å²) < 4.78 is 13.3. The van der Waals surface area contributed by atoms with Gasteiger partial charge in [-0.15, -0.1) is 0 Å². The van der Waals surface area contributed by atoms with Gasteiger partial charge in [-0.25, -0.2) is 0 Å². The molecule has 8 heteroatoms. The van der Waals surface area contributed by atoms with Crippen molar-refractivity contribution in [2.45, 2.75) is 89.9 Å². The Morgan fingerprint density at radius 3 is 2.57 bits per heavy atom. The number of hydrogen-bond donors (Lipinski definition) is 4. The fourth-order valence-corrected chi connectivity index (χ4v) is 9.98. The molecule has 0 radical (unpaired) electrons. The number of carbonyl (C=O) groups excluding carboxylic acids is 2. The zero-order chi connectivity index (χ0) is 32.6. The molecule has 0 bridgehead atoms. The molecule has 1 aliphatic heterocycles. The first-order valence-electron chi connectivity index (χ1n) is 16.7. The number of carbonyl (C=O) groups is 2. The highest BCUT2D eigenvalue weighted by atomic mass is 16.7. The number of ether oxygens (including phenoxy) is 2. The standard InChI is InChI=1S/C38H45NO7/c1-21(2)39-29-16-23(7-12-30(29)42)15-22-5-8-24(9-6-22)35-45-33-18-28-27-11-10-25-17-26(41)13-14-36(25,3)34(27)31(43)19-37(28,4)38(33,46-35)32(44)20-40/h5-9,12-14,16-17,21,27-28,31,33-35,39-40,42-43H,10-11,15,18-20H2,1-4H3/t27-,28-,31-,33+,34+,35+,36-,37-,38+/m0/s1. The van der Waals surface area contributed by atoms with Gasteiger partial charge in [-0.3, -0.25) is 9.59 Å². The maximum atomic E-state index is 13.8. The number of aliphatic hydroxyl groups is 2. The fraction of sp³-hybridized carbons (Fsp3) is 0.526. The maximum absolute atomic E-state index is 13.8. The lowest BCUT2D eigenvalue weighted by molar-refractivity contribution is -0.201. The smallest absolute Gasteiger partial charge is 0.193 e. The van der Waals surface area contributed by atoms with Gasteiger partial charge in [-0.1, -0.05) is 55.8 Å². The highest BCUT2D eigenvalue weighted by Gasteiger charge is 2.75. The Labute approximate surface area is 270 Å². The first-order chi connectivity index (χ1) is 21.9. The lowest BCUT2D eigenvalue weighted by Gasteiger charge is -2.59. The zero-order valence-corrected chi connectivity index (χ0v) is 27.0. The molecule has 1 heterocycles. The maximum Gasteiger partial charge on any atom is 0.193 e. The van der Waals surface area contributed by atoms with E-state index in [2.05, 4.69) is 12.2 Å². The number of rotatable bonds is 7. The van der Waals surface area contributed by atoms with Crippen LogP contribution in [-0.4, -0.2) is 57.3 Å². The summed E-state index contributed by atoms with van der Waals surface area (Å²) in [6.45, 7) is 7.57. The Morgan fingerprint density at radius 2 is 1.85 bits per heavy atom. The van der Waals surface area contributed by atoms with Crippen molar-refractivity contribution in [2.24, 2.45) is 28.6 Å². The molecule has 46 heavy (non-hydrogen) atoms. The van der Waals surface area contributed by atoms with Gasteiger partial charge in [-0.2, -0.15) is 0 Å². The molecule has 9 atom stereocenters. The molecule has 0 spiro atoms. The number of fused-ring (bicyclic) bond motifs is 7. The van der Waals surface area contributed by atoms with E-state index in [1.807, 2.05) is 63.2 Å². The fourth-order valence-electron chi connectivity index (χ4n) is 9.98. The van der Waals surface area contributed by atoms with Crippen LogP contribution in [0.1, 0.15) is 76.4 Å². The summed E-state index contributed by atoms with van der Waals surface area (Å²) in [5.74, 6) is -0.0873. The second kappa shape index (κ2) is 11.2. The summed E-state index contributed by atoms with van der Waals surface area (Å²) in [5.41, 5.74) is 2.20. The van der Waals surface area contributed by atoms with Gasteiger partial charge >= 0.3 is 0 Å². The van der Waals surface area contributed by atoms with Crippen LogP contribution in [0.4, 0.5) is 5.69 Å². The molecule has 2 aromatic carbocycles. The van der Waals surface area contributed by atoms with E-state index >= 15 is 0 Å². The molecular formula is C38H45NO7. The molecule has 3 saturated carbocycles. The van der Waals surface area contributed by atoms with Crippen molar-refractivity contribution in [2.75, 3.05) is 11.9 Å². The van der Waals surface area contributed by atoms with Crippen LogP contribution < -0.4 is 5.32 Å². The normalized spacial score (nSPS) is 37.7. The molecule has 4 aliphatic carbocycles. The minimum absolute atomic E-state index is 0.00161. The van der Waals surface area contributed by atoms with Gasteiger partial charge in [0.2, 0.25) is 0 Å². The van der Waals surface area contributed by atoms with Gasteiger partial charge in [-0.05, 0) is 93.2 Å². The third-order valence-electron chi connectivity index (χ3n) is 12.0. The Balaban J connectivity index is 1.14. The van der Waals surface area contributed by atoms with E-state index in [4.69, 9.17) is 9.47 Å². The van der Waals surface area contributed by atoms with Gasteiger partial charge < -0.3 is 30.1 Å². The summed E-state index contributed by atoms with van der Waals surface area (Å²) in [6.07, 6.45) is 6.54. The number of hydrogen-bond acceptors (Lipinski definition) is 8. The first kappa shape index (κ1) is 31.3. The van der Waals surface area contributed by atoms with Crippen LogP contribution in [0.25, 0.3) is 0 Å². The van der Waals surface area contributed by atoms with Crippen molar-refractivity contribution in [1.29, 1.82) is 0 Å². The number of Topliss-reactive ketones (excluding diaryl/α,β-unsaturated/α-hetero) is 1. The number of nitrogens with one attached hydrogen (secondary N) is 1. The van der Waals surface area contributed by atoms with E-state index in [1.54, 1.807) is 18.2 Å². The summed E-state index contributed by atoms with van der Waals surface area (Å²) in [5, 5.41) is 35.6. The van der Waals surface area contributed by atoms with Gasteiger partial charge in [0.05, 0.1) is 17.9 Å². The Hall–Kier alpha value is -3.30. The lowest BCUT2D eigenvalue weighted by atomic mass is 9.46. The van der Waals surface area contributed by atoms with Crippen LogP contribution in [0.5, 0.6) is 5.75 Å². The van der Waals surface area contributed by atoms with Crippen LogP contribution in [0.2, 0.25) is 0 Å². The van der Waals surface area contributed by atoms with Crippen LogP contribution >= 0.6 is 0 Å². The molecule has 0 unspecified atom stereocenters. The van der Waals surface area contributed by atoms with Crippen molar-refractivity contribution in [3.8, 4) is 5.75 Å². The molecule has 0 amide bonds. The number of phenols is 1. The van der Waals surface area contributed by atoms with Crippen molar-refractivity contribution < 1.29 is 34.4 Å². The van der Waals surface area contributed by atoms with Gasteiger partial charge in [0, 0.05) is 28.4 Å². The first-order valence-corrected chi connectivity index (χ1v) is 16.7. The number of aliphatic hydroxyl groups excluding tert-OH is 2. The number of anilines is 1. The molecule has 244 valence electrons. The van der Waals surface area contributed by atoms with Gasteiger partial charge in [0.25, 0.3) is 0 Å². The molecule has 2 aromatic rings. The molecule has 4 N–H and O–H groups in total. The second-order valence-corrected chi connectivity index (χ2v) is 14.9. The number of allylic oxidation sites excluding steroid dienone is 4. The SMILES string of the molecule is CC(C)Nc1cc(Cc2ccc([C@@H]3O[C@@H]4C[C@H]5[C@@H]6CCC7=CC(=O)C=C[C@]7(C)[C@H]6[C@@H](O)C[C@]5(C)[C@]4(C(=O)CO)O3)cc2)ccc1O. The predicted octanol–water partition coefficient (Wildman–Crippen LogP) is 5.41. The minimum atomic E-state index is -1.37. The summed E-state index contributed by atoms with van der Waals surface area (Å²) in [6, 6.07) is 13.8. The van der Waals surface area contributed by atoms with Gasteiger partial charge in [0.1, 0.15) is 12.4 Å². The van der Waals surface area contributed by atoms with E-state index in [0.717, 1.165) is 35.1 Å². The molecule has 7 rings (SSSR count). The molecule has 4 fully saturated rings. The minimum Gasteiger partial charge on any atom is -0.506 e. The summed E-state index contributed by atoms with van der Waals surface area (Å²) in [7, 11) is 0. The monoisotopic (exact) mass is 627 g/mol. The molecule has 5 aliphatic rings.